The van der Waals surface area contributed by atoms with Gasteiger partial charge < -0.3 is 5.32 Å². The lowest BCUT2D eigenvalue weighted by Crippen LogP contribution is -2.15. The fourth-order valence-corrected chi connectivity index (χ4v) is 4.31. The van der Waals surface area contributed by atoms with Gasteiger partial charge in [-0.2, -0.15) is 11.8 Å². The first-order chi connectivity index (χ1) is 7.45. The maximum Gasteiger partial charge on any atom is 0.00471 e. The van der Waals surface area contributed by atoms with Crippen molar-refractivity contribution in [3.63, 3.8) is 0 Å². The van der Waals surface area contributed by atoms with Gasteiger partial charge in [-0.3, -0.25) is 0 Å². The molecule has 2 heteroatoms. The largest absolute Gasteiger partial charge is 0.317 e. The Bertz CT molecular complexity index is 158. The van der Waals surface area contributed by atoms with Crippen molar-refractivity contribution in [2.45, 2.75) is 56.6 Å². The first kappa shape index (κ1) is 11.8. The van der Waals surface area contributed by atoms with E-state index in [9.17, 15) is 0 Å². The Morgan fingerprint density at radius 2 is 1.73 bits per heavy atom. The molecule has 1 unspecified atom stereocenters. The Kier molecular flexibility index (Phi) is 5.34. The zero-order valence-corrected chi connectivity index (χ0v) is 10.7. The van der Waals surface area contributed by atoms with Gasteiger partial charge in [0.15, 0.2) is 0 Å². The Morgan fingerprint density at radius 1 is 0.867 bits per heavy atom. The number of nitrogens with one attached hydrogen (secondary N) is 1. The van der Waals surface area contributed by atoms with Gasteiger partial charge in [0, 0.05) is 5.25 Å². The molecule has 2 fully saturated rings. The third kappa shape index (κ3) is 4.36. The Hall–Kier alpha value is 0.310. The smallest absolute Gasteiger partial charge is 0.00471 e. The van der Waals surface area contributed by atoms with E-state index < -0.39 is 0 Å². The summed E-state index contributed by atoms with van der Waals surface area (Å²) in [4.78, 5) is 0. The first-order valence-electron chi connectivity index (χ1n) is 6.77. The molecule has 1 heterocycles. The number of hydrogen-bond acceptors (Lipinski definition) is 2. The van der Waals surface area contributed by atoms with E-state index in [4.69, 9.17) is 0 Å². The molecule has 0 amide bonds. The number of rotatable bonds is 3. The fourth-order valence-electron chi connectivity index (χ4n) is 2.76. The van der Waals surface area contributed by atoms with E-state index in [0.29, 0.717) is 0 Å². The summed E-state index contributed by atoms with van der Waals surface area (Å²) in [6, 6.07) is 0. The van der Waals surface area contributed by atoms with Crippen molar-refractivity contribution in [3.8, 4) is 0 Å². The Morgan fingerprint density at radius 3 is 2.60 bits per heavy atom. The molecule has 15 heavy (non-hydrogen) atoms. The van der Waals surface area contributed by atoms with Crippen molar-refractivity contribution in [2.24, 2.45) is 5.92 Å². The van der Waals surface area contributed by atoms with E-state index in [2.05, 4.69) is 17.1 Å². The minimum absolute atomic E-state index is 1.01. The van der Waals surface area contributed by atoms with Gasteiger partial charge in [-0.15, -0.1) is 0 Å². The zero-order valence-electron chi connectivity index (χ0n) is 9.84. The summed E-state index contributed by atoms with van der Waals surface area (Å²) in [6.07, 6.45) is 11.7. The fraction of sp³-hybridized carbons (Fsp3) is 1.00. The maximum atomic E-state index is 3.51. The summed E-state index contributed by atoms with van der Waals surface area (Å²) in [7, 11) is 0. The van der Waals surface area contributed by atoms with Crippen LogP contribution in [0, 0.1) is 5.92 Å². The molecule has 1 nitrogen and oxygen atoms in total. The summed E-state index contributed by atoms with van der Waals surface area (Å²) in [5.74, 6) is 2.44. The van der Waals surface area contributed by atoms with Gasteiger partial charge in [-0.05, 0) is 56.9 Å². The van der Waals surface area contributed by atoms with Gasteiger partial charge in [0.1, 0.15) is 0 Å². The van der Waals surface area contributed by atoms with Gasteiger partial charge in [-0.25, -0.2) is 0 Å². The summed E-state index contributed by atoms with van der Waals surface area (Å²) < 4.78 is 0. The van der Waals surface area contributed by atoms with Crippen LogP contribution < -0.4 is 5.32 Å². The highest BCUT2D eigenvalue weighted by atomic mass is 32.2. The van der Waals surface area contributed by atoms with E-state index in [0.717, 1.165) is 11.2 Å². The normalized spacial score (nSPS) is 30.0. The predicted molar refractivity (Wildman–Crippen MR) is 69.5 cm³/mol. The van der Waals surface area contributed by atoms with Gasteiger partial charge in [0.25, 0.3) is 0 Å². The van der Waals surface area contributed by atoms with Crippen LogP contribution in [-0.2, 0) is 0 Å². The topological polar surface area (TPSA) is 12.0 Å². The van der Waals surface area contributed by atoms with E-state index in [1.54, 1.807) is 0 Å². The average Bonchev–Trinajstić information content (AvgIpc) is 2.56. The van der Waals surface area contributed by atoms with Crippen LogP contribution in [0.1, 0.15) is 51.4 Å². The second-order valence-corrected chi connectivity index (χ2v) is 6.47. The molecule has 1 aliphatic carbocycles. The minimum Gasteiger partial charge on any atom is -0.317 e. The molecule has 1 aliphatic heterocycles. The molecular weight excluding hydrogens is 202 g/mol. The SMILES string of the molecule is C1CCC(SCC2CCCNCC2)CC1. The van der Waals surface area contributed by atoms with Crippen LogP contribution in [0.4, 0.5) is 0 Å². The van der Waals surface area contributed by atoms with Gasteiger partial charge in [0.05, 0.1) is 0 Å². The van der Waals surface area contributed by atoms with Crippen molar-refractivity contribution in [1.82, 2.24) is 5.32 Å². The molecule has 0 bridgehead atoms. The van der Waals surface area contributed by atoms with Crippen LogP contribution >= 0.6 is 11.8 Å². The second-order valence-electron chi connectivity index (χ2n) is 5.14. The van der Waals surface area contributed by atoms with E-state index in [1.807, 2.05) is 0 Å². The van der Waals surface area contributed by atoms with Crippen LogP contribution in [0.15, 0.2) is 0 Å². The molecule has 0 aromatic rings. The average molecular weight is 227 g/mol. The summed E-state index contributed by atoms with van der Waals surface area (Å²) in [5.41, 5.74) is 0. The molecule has 0 radical (unpaired) electrons. The number of hydrogen-bond donors (Lipinski definition) is 1. The molecule has 0 aromatic carbocycles. The van der Waals surface area contributed by atoms with Gasteiger partial charge >= 0.3 is 0 Å². The third-order valence-corrected chi connectivity index (χ3v) is 5.42. The van der Waals surface area contributed by atoms with Gasteiger partial charge in [0.2, 0.25) is 0 Å². The lowest BCUT2D eigenvalue weighted by atomic mass is 10.0. The van der Waals surface area contributed by atoms with Crippen molar-refractivity contribution in [3.05, 3.63) is 0 Å². The molecule has 1 atom stereocenters. The quantitative estimate of drug-likeness (QED) is 0.792. The standard InChI is InChI=1S/C13H25NS/c1-2-6-13(7-3-1)15-11-12-5-4-9-14-10-8-12/h12-14H,1-11H2. The highest BCUT2D eigenvalue weighted by Crippen LogP contribution is 2.31. The molecule has 0 aromatic heterocycles. The maximum absolute atomic E-state index is 3.51. The van der Waals surface area contributed by atoms with Crippen LogP contribution in [0.2, 0.25) is 0 Å². The highest BCUT2D eigenvalue weighted by molar-refractivity contribution is 7.99. The van der Waals surface area contributed by atoms with E-state index in [-0.39, 0.29) is 0 Å². The van der Waals surface area contributed by atoms with Crippen molar-refractivity contribution < 1.29 is 0 Å². The van der Waals surface area contributed by atoms with Gasteiger partial charge in [-0.1, -0.05) is 19.3 Å². The van der Waals surface area contributed by atoms with Crippen LogP contribution in [0.5, 0.6) is 0 Å². The van der Waals surface area contributed by atoms with E-state index in [1.165, 1.54) is 70.2 Å². The molecule has 88 valence electrons. The molecule has 1 saturated heterocycles. The number of thioether (sulfide) groups is 1. The summed E-state index contributed by atoms with van der Waals surface area (Å²) >= 11 is 2.29. The molecule has 2 rings (SSSR count). The Balaban J connectivity index is 1.62. The molecule has 1 saturated carbocycles. The van der Waals surface area contributed by atoms with Crippen molar-refractivity contribution in [1.29, 1.82) is 0 Å². The third-order valence-electron chi connectivity index (χ3n) is 3.82. The Labute approximate surface area is 98.8 Å². The second kappa shape index (κ2) is 6.80. The zero-order chi connectivity index (χ0) is 10.3. The lowest BCUT2D eigenvalue weighted by molar-refractivity contribution is 0.505. The molecule has 0 spiro atoms. The predicted octanol–water partition coefficient (Wildman–Crippen LogP) is 3.44. The monoisotopic (exact) mass is 227 g/mol. The minimum atomic E-state index is 1.01. The molecule has 2 aliphatic rings. The molecule has 1 N–H and O–H groups in total. The lowest BCUT2D eigenvalue weighted by Gasteiger charge is -2.23. The summed E-state index contributed by atoms with van der Waals surface area (Å²) in [6.45, 7) is 2.51. The highest BCUT2D eigenvalue weighted by Gasteiger charge is 2.17. The van der Waals surface area contributed by atoms with Crippen LogP contribution in [0.3, 0.4) is 0 Å². The summed E-state index contributed by atoms with van der Waals surface area (Å²) in [5, 5.41) is 4.52. The first-order valence-corrected chi connectivity index (χ1v) is 7.82. The van der Waals surface area contributed by atoms with E-state index >= 15 is 0 Å². The van der Waals surface area contributed by atoms with Crippen LogP contribution in [-0.4, -0.2) is 24.1 Å². The van der Waals surface area contributed by atoms with Crippen molar-refractivity contribution in [2.75, 3.05) is 18.8 Å². The van der Waals surface area contributed by atoms with Crippen molar-refractivity contribution >= 4 is 11.8 Å². The van der Waals surface area contributed by atoms with Crippen LogP contribution in [0.25, 0.3) is 0 Å². The molecular formula is C13H25NS.